The molecule has 8 nitrogen and oxygen atoms in total. The van der Waals surface area contributed by atoms with Gasteiger partial charge in [0.05, 0.1) is 39.9 Å². The van der Waals surface area contributed by atoms with E-state index in [1.54, 1.807) is 6.08 Å². The fourth-order valence-corrected chi connectivity index (χ4v) is 7.94. The number of amides is 1. The Balaban J connectivity index is 4.32. The molecule has 71 heavy (non-hydrogen) atoms. The van der Waals surface area contributed by atoms with E-state index in [4.69, 9.17) is 9.05 Å². The van der Waals surface area contributed by atoms with Crippen LogP contribution >= 0.6 is 7.82 Å². The van der Waals surface area contributed by atoms with E-state index in [0.717, 1.165) is 116 Å². The van der Waals surface area contributed by atoms with Crippen LogP contribution in [0, 0.1) is 0 Å². The van der Waals surface area contributed by atoms with Gasteiger partial charge in [0.15, 0.2) is 0 Å². The van der Waals surface area contributed by atoms with Crippen molar-refractivity contribution in [1.82, 2.24) is 5.32 Å². The molecule has 0 aromatic rings. The summed E-state index contributed by atoms with van der Waals surface area (Å²) in [5, 5.41) is 13.8. The number of likely N-dealkylation sites (N-methyl/N-ethyl adjacent to an activating group) is 1. The molecular formula is C62H105N2O6P. The Labute approximate surface area is 436 Å². The molecule has 0 aliphatic carbocycles. The van der Waals surface area contributed by atoms with Crippen molar-refractivity contribution in [2.24, 2.45) is 0 Å². The summed E-state index contributed by atoms with van der Waals surface area (Å²) in [5.74, 6) is -0.232. The number of rotatable bonds is 49. The average Bonchev–Trinajstić information content (AvgIpc) is 3.33. The highest BCUT2D eigenvalue weighted by Gasteiger charge is 2.23. The van der Waals surface area contributed by atoms with Crippen LogP contribution in [0.3, 0.4) is 0 Å². The second-order valence-electron chi connectivity index (χ2n) is 19.5. The van der Waals surface area contributed by atoms with Gasteiger partial charge in [-0.2, -0.15) is 0 Å². The number of aliphatic hydroxyl groups is 1. The molecule has 2 N–H and O–H groups in total. The highest BCUT2D eigenvalue weighted by atomic mass is 31.2. The van der Waals surface area contributed by atoms with Crippen LogP contribution in [0.4, 0.5) is 0 Å². The Kier molecular flexibility index (Phi) is 49.1. The number of hydrogen-bond acceptors (Lipinski definition) is 6. The lowest BCUT2D eigenvalue weighted by atomic mass is 10.1. The van der Waals surface area contributed by atoms with Gasteiger partial charge in [0.25, 0.3) is 7.82 Å². The van der Waals surface area contributed by atoms with Gasteiger partial charge in [0, 0.05) is 6.42 Å². The molecule has 9 heteroatoms. The number of carbonyl (C=O) groups excluding carboxylic acids is 1. The second kappa shape index (κ2) is 51.5. The Morgan fingerprint density at radius 1 is 0.507 bits per heavy atom. The molecule has 3 unspecified atom stereocenters. The maximum absolute atomic E-state index is 12.9. The summed E-state index contributed by atoms with van der Waals surface area (Å²) in [6, 6.07) is -0.924. The molecule has 0 saturated carbocycles. The first-order valence-corrected chi connectivity index (χ1v) is 29.5. The van der Waals surface area contributed by atoms with E-state index in [9.17, 15) is 19.4 Å². The van der Waals surface area contributed by atoms with Gasteiger partial charge in [-0.15, -0.1) is 0 Å². The summed E-state index contributed by atoms with van der Waals surface area (Å²) in [5.41, 5.74) is 0. The molecule has 0 aliphatic rings. The third-order valence-corrected chi connectivity index (χ3v) is 12.6. The minimum atomic E-state index is -4.62. The number of unbranched alkanes of at least 4 members (excludes halogenated alkanes) is 16. The van der Waals surface area contributed by atoms with Crippen molar-refractivity contribution in [1.29, 1.82) is 0 Å². The third kappa shape index (κ3) is 54.3. The lowest BCUT2D eigenvalue weighted by molar-refractivity contribution is -0.870. The standard InChI is InChI=1S/C62H105N2O6P/c1-6-8-10-12-14-16-18-20-22-24-25-26-27-28-29-30-31-32-33-34-35-36-37-38-39-40-42-44-46-48-50-52-54-56-62(66)63-60(59-70-71(67,68)69-58-57-64(3,4)5)61(65)55-53-51-49-47-45-43-41-23-21-19-17-15-13-11-9-7-2/h8,10,14,16,20,22,25-26,28-29,31-32,34-35,37-38,40,42,45,47,53,55,60-61,65H,6-7,9,11-13,15,17-19,21,23-24,27,30,33,36,39,41,43-44,46,48-52,54,56-59H2,1-5H3,(H-,63,66,67,68)/b10-8-,16-14-,22-20-,26-25-,29-28-,32-31-,35-34-,38-37-,42-40-,47-45+,55-53+. The Hall–Kier alpha value is -3.36. The van der Waals surface area contributed by atoms with Gasteiger partial charge in [0.1, 0.15) is 13.2 Å². The molecule has 0 heterocycles. The number of allylic oxidation sites excluding steroid dienone is 21. The Bertz CT molecular complexity index is 1610. The lowest BCUT2D eigenvalue weighted by Gasteiger charge is -2.29. The first kappa shape index (κ1) is 67.6. The van der Waals surface area contributed by atoms with Crippen molar-refractivity contribution in [2.45, 2.75) is 212 Å². The maximum atomic E-state index is 12.9. The van der Waals surface area contributed by atoms with Crippen molar-refractivity contribution >= 4 is 13.7 Å². The highest BCUT2D eigenvalue weighted by molar-refractivity contribution is 7.45. The SMILES string of the molecule is CC/C=C\C/C=C\C/C=C\C/C=C\C/C=C\C/C=C\C/C=C\C/C=C\C/C=C\CCCCCCCC(=O)NC(COP(=O)([O-])OCC[N+](C)(C)C)C(O)/C=C/CC/C=C/CCCCCCCCCCCC. The minimum Gasteiger partial charge on any atom is -0.756 e. The molecule has 404 valence electrons. The second-order valence-corrected chi connectivity index (χ2v) is 21.0. The molecule has 0 rings (SSSR count). The molecule has 0 aromatic carbocycles. The number of phosphoric acid groups is 1. The largest absolute Gasteiger partial charge is 0.756 e. The van der Waals surface area contributed by atoms with E-state index in [1.165, 1.54) is 64.2 Å². The predicted octanol–water partition coefficient (Wildman–Crippen LogP) is 16.5. The van der Waals surface area contributed by atoms with Crippen LogP contribution in [-0.2, 0) is 18.4 Å². The number of phosphoric ester groups is 1. The zero-order valence-corrected chi connectivity index (χ0v) is 46.8. The lowest BCUT2D eigenvalue weighted by Crippen LogP contribution is -2.45. The summed E-state index contributed by atoms with van der Waals surface area (Å²) >= 11 is 0. The first-order valence-electron chi connectivity index (χ1n) is 28.0. The number of nitrogens with one attached hydrogen (secondary N) is 1. The quantitative estimate of drug-likeness (QED) is 0.0272. The highest BCUT2D eigenvalue weighted by Crippen LogP contribution is 2.38. The number of aliphatic hydroxyl groups excluding tert-OH is 1. The van der Waals surface area contributed by atoms with Crippen molar-refractivity contribution in [3.8, 4) is 0 Å². The van der Waals surface area contributed by atoms with Crippen LogP contribution in [0.1, 0.15) is 200 Å². The zero-order chi connectivity index (χ0) is 52.0. The van der Waals surface area contributed by atoms with Gasteiger partial charge in [-0.3, -0.25) is 9.36 Å². The smallest absolute Gasteiger partial charge is 0.268 e. The summed E-state index contributed by atoms with van der Waals surface area (Å²) in [7, 11) is 1.21. The third-order valence-electron chi connectivity index (χ3n) is 11.6. The Morgan fingerprint density at radius 3 is 1.31 bits per heavy atom. The van der Waals surface area contributed by atoms with E-state index in [1.807, 2.05) is 27.2 Å². The van der Waals surface area contributed by atoms with Gasteiger partial charge in [-0.05, 0) is 103 Å². The fraction of sp³-hybridized carbons (Fsp3) is 0.629. The molecule has 3 atom stereocenters. The van der Waals surface area contributed by atoms with Gasteiger partial charge < -0.3 is 28.8 Å². The van der Waals surface area contributed by atoms with Gasteiger partial charge in [-0.25, -0.2) is 0 Å². The molecule has 0 aliphatic heterocycles. The summed E-state index contributed by atoms with van der Waals surface area (Å²) in [6.07, 6.45) is 78.1. The molecule has 0 fully saturated rings. The molecule has 0 spiro atoms. The van der Waals surface area contributed by atoms with Crippen LogP contribution in [0.2, 0.25) is 0 Å². The summed E-state index contributed by atoms with van der Waals surface area (Å²) in [6.45, 7) is 4.47. The molecule has 1 amide bonds. The number of nitrogens with zero attached hydrogens (tertiary/aromatic N) is 1. The Morgan fingerprint density at radius 2 is 0.873 bits per heavy atom. The zero-order valence-electron chi connectivity index (χ0n) is 45.9. The average molecular weight is 1010 g/mol. The predicted molar refractivity (Wildman–Crippen MR) is 306 cm³/mol. The van der Waals surface area contributed by atoms with Gasteiger partial charge >= 0.3 is 0 Å². The topological polar surface area (TPSA) is 108 Å². The van der Waals surface area contributed by atoms with E-state index < -0.39 is 26.6 Å². The molecule has 0 radical (unpaired) electrons. The fourth-order valence-electron chi connectivity index (χ4n) is 7.22. The summed E-state index contributed by atoms with van der Waals surface area (Å²) in [4.78, 5) is 25.5. The van der Waals surface area contributed by atoms with Crippen molar-refractivity contribution < 1.29 is 32.9 Å². The van der Waals surface area contributed by atoms with Crippen LogP contribution in [0.15, 0.2) is 134 Å². The van der Waals surface area contributed by atoms with E-state index in [0.29, 0.717) is 17.4 Å². The first-order chi connectivity index (χ1) is 34.5. The van der Waals surface area contributed by atoms with Crippen molar-refractivity contribution in [2.75, 3.05) is 40.9 Å². The summed E-state index contributed by atoms with van der Waals surface area (Å²) < 4.78 is 23.3. The van der Waals surface area contributed by atoms with Crippen molar-refractivity contribution in [3.05, 3.63) is 134 Å². The van der Waals surface area contributed by atoms with E-state index >= 15 is 0 Å². The van der Waals surface area contributed by atoms with Gasteiger partial charge in [0.2, 0.25) is 5.91 Å². The molecular weight excluding hydrogens is 900 g/mol. The maximum Gasteiger partial charge on any atom is 0.268 e. The minimum absolute atomic E-state index is 0.0180. The molecule has 0 aromatic heterocycles. The number of quaternary nitrogens is 1. The van der Waals surface area contributed by atoms with Crippen LogP contribution < -0.4 is 10.2 Å². The normalized spacial score (nSPS) is 15.0. The van der Waals surface area contributed by atoms with Crippen LogP contribution in [0.25, 0.3) is 0 Å². The van der Waals surface area contributed by atoms with Crippen molar-refractivity contribution in [3.63, 3.8) is 0 Å². The van der Waals surface area contributed by atoms with E-state index in [-0.39, 0.29) is 12.5 Å². The number of carbonyl (C=O) groups is 1. The molecule has 0 bridgehead atoms. The van der Waals surface area contributed by atoms with Crippen LogP contribution in [-0.4, -0.2) is 68.5 Å². The van der Waals surface area contributed by atoms with E-state index in [2.05, 4.69) is 141 Å². The monoisotopic (exact) mass is 1000 g/mol. The van der Waals surface area contributed by atoms with Gasteiger partial charge in [-0.1, -0.05) is 225 Å². The molecule has 0 saturated heterocycles. The van der Waals surface area contributed by atoms with Crippen LogP contribution in [0.5, 0.6) is 0 Å². The number of hydrogen-bond donors (Lipinski definition) is 2.